The monoisotopic (exact) mass is 493 g/mol. The van der Waals surface area contributed by atoms with Crippen molar-refractivity contribution in [2.24, 2.45) is 5.92 Å². The topological polar surface area (TPSA) is 77.7 Å². The number of rotatable bonds is 8. The highest BCUT2D eigenvalue weighted by atomic mass is 32.1. The van der Waals surface area contributed by atoms with Gasteiger partial charge in [0.1, 0.15) is 5.75 Å². The number of aryl methyl sites for hydroxylation is 1. The molecule has 0 spiro atoms. The van der Waals surface area contributed by atoms with Crippen LogP contribution in [0, 0.1) is 11.7 Å². The Hall–Kier alpha value is -3.56. The summed E-state index contributed by atoms with van der Waals surface area (Å²) in [4.78, 5) is 20.6. The summed E-state index contributed by atoms with van der Waals surface area (Å²) < 4.78 is 29.8. The zero-order valence-corrected chi connectivity index (χ0v) is 20.2. The van der Waals surface area contributed by atoms with Gasteiger partial charge in [0.25, 0.3) is 5.89 Å². The van der Waals surface area contributed by atoms with Crippen LogP contribution in [0.25, 0.3) is 22.2 Å². The van der Waals surface area contributed by atoms with Gasteiger partial charge in [-0.1, -0.05) is 24.2 Å². The third-order valence-corrected chi connectivity index (χ3v) is 7.06. The van der Waals surface area contributed by atoms with E-state index >= 15 is 0 Å². The van der Waals surface area contributed by atoms with Crippen molar-refractivity contribution in [3.63, 3.8) is 0 Å². The van der Waals surface area contributed by atoms with Crippen LogP contribution in [0.3, 0.4) is 0 Å². The molecular formula is C26H24FN3O4S. The summed E-state index contributed by atoms with van der Waals surface area (Å²) in [5.74, 6) is 1.03. The summed E-state index contributed by atoms with van der Waals surface area (Å²) >= 11 is 1.65. The number of nitrogens with zero attached hydrogens (tertiary/aromatic N) is 3. The number of thiophene rings is 1. The first kappa shape index (κ1) is 23.2. The number of ether oxygens (including phenoxy) is 2. The Kier molecular flexibility index (Phi) is 6.61. The Morgan fingerprint density at radius 2 is 1.97 bits per heavy atom. The van der Waals surface area contributed by atoms with Crippen molar-refractivity contribution < 1.29 is 23.2 Å². The molecule has 0 atom stereocenters. The van der Waals surface area contributed by atoms with Gasteiger partial charge in [-0.15, -0.1) is 11.3 Å². The number of esters is 1. The smallest absolute Gasteiger partial charge is 0.311 e. The summed E-state index contributed by atoms with van der Waals surface area (Å²) in [6.07, 6.45) is 0.850. The normalized spacial score (nSPS) is 14.0. The standard InChI is InChI=1S/C26H24FN3O4S/c1-3-16-12-20(15-30-13-18(14-30)26(31)32-2)35-23(16)24-28-25(34-29-24)17-8-10-19(11-9-17)33-22-7-5-4-6-21(22)27/h4-12,18H,3,13-15H2,1-2H3. The van der Waals surface area contributed by atoms with Gasteiger partial charge in [0.05, 0.1) is 17.9 Å². The van der Waals surface area contributed by atoms with E-state index in [-0.39, 0.29) is 17.6 Å². The molecule has 35 heavy (non-hydrogen) atoms. The van der Waals surface area contributed by atoms with E-state index in [0.717, 1.165) is 29.0 Å². The SMILES string of the molecule is CCc1cc(CN2CC(C(=O)OC)C2)sc1-c1noc(-c2ccc(Oc3ccccc3F)cc2)n1. The molecule has 0 bridgehead atoms. The van der Waals surface area contributed by atoms with Gasteiger partial charge in [-0.3, -0.25) is 9.69 Å². The van der Waals surface area contributed by atoms with Crippen molar-refractivity contribution in [1.29, 1.82) is 0 Å². The van der Waals surface area contributed by atoms with Crippen LogP contribution in [-0.2, 0) is 22.5 Å². The summed E-state index contributed by atoms with van der Waals surface area (Å²) in [5.41, 5.74) is 1.91. The van der Waals surface area contributed by atoms with E-state index in [1.54, 1.807) is 53.8 Å². The maximum absolute atomic E-state index is 13.8. The fraction of sp³-hybridized carbons (Fsp3) is 0.269. The van der Waals surface area contributed by atoms with Crippen LogP contribution in [0.1, 0.15) is 17.4 Å². The van der Waals surface area contributed by atoms with Gasteiger partial charge in [-0.25, -0.2) is 4.39 Å². The van der Waals surface area contributed by atoms with Crippen LogP contribution >= 0.6 is 11.3 Å². The molecule has 0 aliphatic carbocycles. The lowest BCUT2D eigenvalue weighted by Gasteiger charge is -2.36. The fourth-order valence-corrected chi connectivity index (χ4v) is 5.22. The summed E-state index contributed by atoms with van der Waals surface area (Å²) in [7, 11) is 1.43. The lowest BCUT2D eigenvalue weighted by atomic mass is 10.0. The predicted molar refractivity (Wildman–Crippen MR) is 130 cm³/mol. The number of carbonyl (C=O) groups is 1. The highest BCUT2D eigenvalue weighted by Gasteiger charge is 2.33. The van der Waals surface area contributed by atoms with Crippen molar-refractivity contribution >= 4 is 17.3 Å². The average Bonchev–Trinajstić information content (AvgIpc) is 3.50. The maximum atomic E-state index is 13.8. The van der Waals surface area contributed by atoms with E-state index in [1.807, 2.05) is 0 Å². The van der Waals surface area contributed by atoms with Gasteiger partial charge in [-0.05, 0) is 54.4 Å². The van der Waals surface area contributed by atoms with Crippen molar-refractivity contribution in [3.05, 3.63) is 70.9 Å². The minimum absolute atomic E-state index is 0.0339. The molecule has 5 rings (SSSR count). The number of hydrogen-bond donors (Lipinski definition) is 0. The molecule has 2 aromatic heterocycles. The van der Waals surface area contributed by atoms with Crippen LogP contribution < -0.4 is 4.74 Å². The molecule has 9 heteroatoms. The molecule has 2 aromatic carbocycles. The minimum atomic E-state index is -0.419. The quantitative estimate of drug-likeness (QED) is 0.297. The molecule has 0 unspecified atom stereocenters. The second-order valence-electron chi connectivity index (χ2n) is 8.31. The molecule has 3 heterocycles. The fourth-order valence-electron chi connectivity index (χ4n) is 4.00. The molecule has 180 valence electrons. The van der Waals surface area contributed by atoms with E-state index in [4.69, 9.17) is 14.0 Å². The molecule has 1 saturated heterocycles. The molecule has 0 saturated carbocycles. The minimum Gasteiger partial charge on any atom is -0.469 e. The number of aromatic nitrogens is 2. The van der Waals surface area contributed by atoms with Crippen LogP contribution in [-0.4, -0.2) is 41.2 Å². The highest BCUT2D eigenvalue weighted by molar-refractivity contribution is 7.15. The van der Waals surface area contributed by atoms with Gasteiger partial charge >= 0.3 is 5.97 Å². The Morgan fingerprint density at radius 1 is 1.20 bits per heavy atom. The van der Waals surface area contributed by atoms with Gasteiger partial charge in [0, 0.05) is 30.1 Å². The van der Waals surface area contributed by atoms with Gasteiger partial charge in [0.15, 0.2) is 11.6 Å². The molecule has 7 nitrogen and oxygen atoms in total. The predicted octanol–water partition coefficient (Wildman–Crippen LogP) is 5.56. The van der Waals surface area contributed by atoms with Gasteiger partial charge < -0.3 is 14.0 Å². The third kappa shape index (κ3) is 4.96. The van der Waals surface area contributed by atoms with E-state index in [0.29, 0.717) is 30.6 Å². The first-order valence-electron chi connectivity index (χ1n) is 11.3. The van der Waals surface area contributed by atoms with Crippen molar-refractivity contribution in [3.8, 4) is 33.7 Å². The zero-order chi connectivity index (χ0) is 24.4. The van der Waals surface area contributed by atoms with Gasteiger partial charge in [-0.2, -0.15) is 4.98 Å². The first-order valence-corrected chi connectivity index (χ1v) is 12.1. The highest BCUT2D eigenvalue weighted by Crippen LogP contribution is 2.35. The Balaban J connectivity index is 1.28. The molecular weight excluding hydrogens is 469 g/mol. The second-order valence-corrected chi connectivity index (χ2v) is 9.45. The number of likely N-dealkylation sites (tertiary alicyclic amines) is 1. The Morgan fingerprint density at radius 3 is 2.69 bits per heavy atom. The number of para-hydroxylation sites is 1. The lowest BCUT2D eigenvalue weighted by Crippen LogP contribution is -2.49. The van der Waals surface area contributed by atoms with E-state index in [1.165, 1.54) is 18.1 Å². The maximum Gasteiger partial charge on any atom is 0.311 e. The number of benzene rings is 2. The second kappa shape index (κ2) is 9.97. The molecule has 0 N–H and O–H groups in total. The molecule has 1 aliphatic rings. The average molecular weight is 494 g/mol. The molecule has 0 radical (unpaired) electrons. The van der Waals surface area contributed by atoms with E-state index in [2.05, 4.69) is 28.0 Å². The Labute approximate surface area is 206 Å². The number of halogens is 1. The zero-order valence-electron chi connectivity index (χ0n) is 19.4. The van der Waals surface area contributed by atoms with E-state index < -0.39 is 5.82 Å². The summed E-state index contributed by atoms with van der Waals surface area (Å²) in [5, 5.41) is 4.21. The molecule has 1 fully saturated rings. The summed E-state index contributed by atoms with van der Waals surface area (Å²) in [6, 6.07) is 15.5. The molecule has 0 amide bonds. The van der Waals surface area contributed by atoms with Crippen LogP contribution in [0.4, 0.5) is 4.39 Å². The lowest BCUT2D eigenvalue weighted by molar-refractivity contribution is -0.151. The van der Waals surface area contributed by atoms with Crippen LogP contribution in [0.2, 0.25) is 0 Å². The number of hydrogen-bond acceptors (Lipinski definition) is 8. The first-order chi connectivity index (χ1) is 17.0. The van der Waals surface area contributed by atoms with Gasteiger partial charge in [0.2, 0.25) is 5.82 Å². The van der Waals surface area contributed by atoms with Crippen molar-refractivity contribution in [1.82, 2.24) is 15.0 Å². The van der Waals surface area contributed by atoms with Crippen LogP contribution in [0.15, 0.2) is 59.1 Å². The molecule has 1 aliphatic heterocycles. The third-order valence-electron chi connectivity index (χ3n) is 5.91. The number of methoxy groups -OCH3 is 1. The van der Waals surface area contributed by atoms with E-state index in [9.17, 15) is 9.18 Å². The Bertz CT molecular complexity index is 1330. The number of carbonyl (C=O) groups excluding carboxylic acids is 1. The molecule has 4 aromatic rings. The van der Waals surface area contributed by atoms with Crippen molar-refractivity contribution in [2.75, 3.05) is 20.2 Å². The van der Waals surface area contributed by atoms with Crippen LogP contribution in [0.5, 0.6) is 11.5 Å². The van der Waals surface area contributed by atoms with Crippen molar-refractivity contribution in [2.45, 2.75) is 19.9 Å². The summed E-state index contributed by atoms with van der Waals surface area (Å²) in [6.45, 7) is 4.30. The largest absolute Gasteiger partial charge is 0.469 e.